The molecule has 4 nitrogen and oxygen atoms in total. The number of aliphatic hydroxyl groups excluding tert-OH is 1. The third-order valence-corrected chi connectivity index (χ3v) is 2.65. The zero-order chi connectivity index (χ0) is 10.0. The van der Waals surface area contributed by atoms with Crippen LogP contribution in [-0.4, -0.2) is 23.7 Å². The van der Waals surface area contributed by atoms with Crippen molar-refractivity contribution in [2.45, 2.75) is 20.3 Å². The molecule has 0 spiro atoms. The Morgan fingerprint density at radius 3 is 2.38 bits per heavy atom. The second-order valence-corrected chi connectivity index (χ2v) is 3.41. The van der Waals surface area contributed by atoms with Crippen LogP contribution < -0.4 is 0 Å². The second-order valence-electron chi connectivity index (χ2n) is 3.41. The van der Waals surface area contributed by atoms with Gasteiger partial charge in [0.05, 0.1) is 11.8 Å². The van der Waals surface area contributed by atoms with Gasteiger partial charge < -0.3 is 9.84 Å². The van der Waals surface area contributed by atoms with E-state index >= 15 is 0 Å². The molecule has 1 rings (SSSR count). The van der Waals surface area contributed by atoms with E-state index < -0.39 is 23.8 Å². The molecule has 74 valence electrons. The Morgan fingerprint density at radius 2 is 2.08 bits per heavy atom. The standard InChI is InChI=1S/C9H14O4/c1-3-6(4-10)7-5(2)8(11)13-9(7)12/h5-7,10H,3-4H2,1-2H3. The minimum absolute atomic E-state index is 0.0755. The summed E-state index contributed by atoms with van der Waals surface area (Å²) >= 11 is 0. The summed E-state index contributed by atoms with van der Waals surface area (Å²) in [5.41, 5.74) is 0. The molecule has 0 bridgehead atoms. The van der Waals surface area contributed by atoms with Crippen molar-refractivity contribution < 1.29 is 19.4 Å². The predicted octanol–water partition coefficient (Wildman–Crippen LogP) is 0.341. The number of cyclic esters (lactones) is 2. The maximum absolute atomic E-state index is 11.2. The Morgan fingerprint density at radius 1 is 1.46 bits per heavy atom. The topological polar surface area (TPSA) is 63.6 Å². The SMILES string of the molecule is CCC(CO)C1C(=O)OC(=O)C1C. The number of esters is 2. The van der Waals surface area contributed by atoms with Crippen LogP contribution in [0.25, 0.3) is 0 Å². The van der Waals surface area contributed by atoms with E-state index in [2.05, 4.69) is 4.74 Å². The van der Waals surface area contributed by atoms with E-state index in [1.165, 1.54) is 0 Å². The van der Waals surface area contributed by atoms with Gasteiger partial charge >= 0.3 is 11.9 Å². The normalized spacial score (nSPS) is 30.4. The molecule has 13 heavy (non-hydrogen) atoms. The molecular formula is C9H14O4. The molecule has 1 fully saturated rings. The summed E-state index contributed by atoms with van der Waals surface area (Å²) < 4.78 is 4.48. The minimum Gasteiger partial charge on any atom is -0.396 e. The first-order chi connectivity index (χ1) is 6.11. The molecule has 1 aliphatic rings. The lowest BCUT2D eigenvalue weighted by molar-refractivity contribution is -0.154. The van der Waals surface area contributed by atoms with Crippen molar-refractivity contribution in [1.29, 1.82) is 0 Å². The van der Waals surface area contributed by atoms with Gasteiger partial charge in [-0.3, -0.25) is 9.59 Å². The van der Waals surface area contributed by atoms with Crippen LogP contribution in [0.15, 0.2) is 0 Å². The van der Waals surface area contributed by atoms with Gasteiger partial charge in [0.1, 0.15) is 0 Å². The molecule has 0 aliphatic carbocycles. The molecule has 0 aromatic heterocycles. The summed E-state index contributed by atoms with van der Waals surface area (Å²) in [5.74, 6) is -1.98. The number of carbonyl (C=O) groups excluding carboxylic acids is 2. The molecule has 0 saturated carbocycles. The van der Waals surface area contributed by atoms with E-state index in [1.54, 1.807) is 6.92 Å². The summed E-state index contributed by atoms with van der Waals surface area (Å²) in [4.78, 5) is 22.2. The highest BCUT2D eigenvalue weighted by atomic mass is 16.6. The van der Waals surface area contributed by atoms with Crippen molar-refractivity contribution in [2.75, 3.05) is 6.61 Å². The van der Waals surface area contributed by atoms with Crippen molar-refractivity contribution >= 4 is 11.9 Å². The molecule has 1 saturated heterocycles. The molecule has 1 aliphatic heterocycles. The molecular weight excluding hydrogens is 172 g/mol. The van der Waals surface area contributed by atoms with Crippen LogP contribution in [0.5, 0.6) is 0 Å². The average molecular weight is 186 g/mol. The van der Waals surface area contributed by atoms with E-state index in [-0.39, 0.29) is 12.5 Å². The summed E-state index contributed by atoms with van der Waals surface area (Å²) in [6.45, 7) is 3.47. The molecule has 0 aromatic rings. The lowest BCUT2D eigenvalue weighted by Gasteiger charge is -2.18. The molecule has 1 N–H and O–H groups in total. The van der Waals surface area contributed by atoms with Gasteiger partial charge in [0.25, 0.3) is 0 Å². The molecule has 0 radical (unpaired) electrons. The lowest BCUT2D eigenvalue weighted by atomic mass is 9.83. The number of aliphatic hydroxyl groups is 1. The number of ether oxygens (including phenoxy) is 1. The van der Waals surface area contributed by atoms with E-state index in [0.717, 1.165) is 0 Å². The van der Waals surface area contributed by atoms with Gasteiger partial charge in [-0.15, -0.1) is 0 Å². The van der Waals surface area contributed by atoms with Crippen molar-refractivity contribution in [3.63, 3.8) is 0 Å². The van der Waals surface area contributed by atoms with Gasteiger partial charge in [0.2, 0.25) is 0 Å². The molecule has 1 heterocycles. The Bertz CT molecular complexity index is 220. The van der Waals surface area contributed by atoms with Crippen molar-refractivity contribution in [2.24, 2.45) is 17.8 Å². The number of hydrogen-bond acceptors (Lipinski definition) is 4. The fraction of sp³-hybridized carbons (Fsp3) is 0.778. The van der Waals surface area contributed by atoms with Crippen LogP contribution >= 0.6 is 0 Å². The smallest absolute Gasteiger partial charge is 0.317 e. The zero-order valence-corrected chi connectivity index (χ0v) is 7.82. The summed E-state index contributed by atoms with van der Waals surface area (Å²) in [7, 11) is 0. The highest BCUT2D eigenvalue weighted by Gasteiger charge is 2.44. The molecule has 0 aromatic carbocycles. The highest BCUT2D eigenvalue weighted by Crippen LogP contribution is 2.31. The average Bonchev–Trinajstić information content (AvgIpc) is 2.34. The second kappa shape index (κ2) is 3.87. The predicted molar refractivity (Wildman–Crippen MR) is 44.6 cm³/mol. The van der Waals surface area contributed by atoms with Crippen LogP contribution in [0.4, 0.5) is 0 Å². The molecule has 3 unspecified atom stereocenters. The van der Waals surface area contributed by atoms with Gasteiger partial charge in [-0.25, -0.2) is 0 Å². The van der Waals surface area contributed by atoms with Gasteiger partial charge in [0.15, 0.2) is 0 Å². The van der Waals surface area contributed by atoms with E-state index in [4.69, 9.17) is 5.11 Å². The van der Waals surface area contributed by atoms with E-state index in [1.807, 2.05) is 6.92 Å². The van der Waals surface area contributed by atoms with Crippen molar-refractivity contribution in [1.82, 2.24) is 0 Å². The molecule has 4 heteroatoms. The minimum atomic E-state index is -0.488. The first kappa shape index (κ1) is 10.2. The first-order valence-electron chi connectivity index (χ1n) is 4.48. The third kappa shape index (κ3) is 1.72. The fourth-order valence-electron chi connectivity index (χ4n) is 1.71. The van der Waals surface area contributed by atoms with Crippen LogP contribution in [0.2, 0.25) is 0 Å². The number of rotatable bonds is 3. The van der Waals surface area contributed by atoms with Gasteiger partial charge in [-0.1, -0.05) is 20.3 Å². The van der Waals surface area contributed by atoms with Crippen molar-refractivity contribution in [3.8, 4) is 0 Å². The summed E-state index contributed by atoms with van der Waals surface area (Å²) in [6.07, 6.45) is 0.674. The van der Waals surface area contributed by atoms with Crippen LogP contribution in [0.3, 0.4) is 0 Å². The third-order valence-electron chi connectivity index (χ3n) is 2.65. The fourth-order valence-corrected chi connectivity index (χ4v) is 1.71. The monoisotopic (exact) mass is 186 g/mol. The quantitative estimate of drug-likeness (QED) is 0.510. The van der Waals surface area contributed by atoms with E-state index in [9.17, 15) is 9.59 Å². The van der Waals surface area contributed by atoms with Crippen LogP contribution in [0, 0.1) is 17.8 Å². The zero-order valence-electron chi connectivity index (χ0n) is 7.82. The molecule has 3 atom stereocenters. The first-order valence-corrected chi connectivity index (χ1v) is 4.48. The number of hydrogen-bond donors (Lipinski definition) is 1. The van der Waals surface area contributed by atoms with Gasteiger partial charge in [0, 0.05) is 6.61 Å². The summed E-state index contributed by atoms with van der Waals surface area (Å²) in [5, 5.41) is 8.99. The van der Waals surface area contributed by atoms with E-state index in [0.29, 0.717) is 6.42 Å². The Kier molecular flexibility index (Phi) is 3.03. The lowest BCUT2D eigenvalue weighted by Crippen LogP contribution is -2.26. The highest BCUT2D eigenvalue weighted by molar-refractivity contribution is 5.96. The van der Waals surface area contributed by atoms with Gasteiger partial charge in [-0.2, -0.15) is 0 Å². The van der Waals surface area contributed by atoms with Gasteiger partial charge in [-0.05, 0) is 5.92 Å². The maximum Gasteiger partial charge on any atom is 0.317 e. The Hall–Kier alpha value is -0.900. The maximum atomic E-state index is 11.2. The molecule has 0 amide bonds. The Balaban J connectivity index is 2.78. The van der Waals surface area contributed by atoms with Crippen LogP contribution in [-0.2, 0) is 14.3 Å². The Labute approximate surface area is 76.9 Å². The number of carbonyl (C=O) groups is 2. The van der Waals surface area contributed by atoms with Crippen LogP contribution in [0.1, 0.15) is 20.3 Å². The largest absolute Gasteiger partial charge is 0.396 e. The summed E-state index contributed by atoms with van der Waals surface area (Å²) in [6, 6.07) is 0. The van der Waals surface area contributed by atoms with Crippen molar-refractivity contribution in [3.05, 3.63) is 0 Å².